The number of amides is 1. The van der Waals surface area contributed by atoms with Gasteiger partial charge in [0.2, 0.25) is 5.91 Å². The number of rotatable bonds is 4. The van der Waals surface area contributed by atoms with E-state index in [4.69, 9.17) is 11.6 Å². The normalized spacial score (nSPS) is 24.8. The number of likely N-dealkylation sites (tertiary alicyclic amines) is 1. The predicted octanol–water partition coefficient (Wildman–Crippen LogP) is 5.67. The third-order valence-electron chi connectivity index (χ3n) is 8.86. The number of alkyl halides is 7. The smallest absolute Gasteiger partial charge is 0.337 e. The Morgan fingerprint density at radius 3 is 2.05 bits per heavy atom. The van der Waals surface area contributed by atoms with Gasteiger partial charge in [0.15, 0.2) is 9.84 Å². The van der Waals surface area contributed by atoms with Crippen LogP contribution in [0.25, 0.3) is 0 Å². The monoisotopic (exact) mass is 675 g/mol. The quantitative estimate of drug-likeness (QED) is 0.390. The zero-order chi connectivity index (χ0) is 31.8. The first kappa shape index (κ1) is 32.0. The average molecular weight is 676 g/mol. The van der Waals surface area contributed by atoms with E-state index < -0.39 is 65.9 Å². The Morgan fingerprint density at radius 2 is 1.49 bits per heavy atom. The summed E-state index contributed by atoms with van der Waals surface area (Å²) in [5.41, 5.74) is -7.75. The van der Waals surface area contributed by atoms with Gasteiger partial charge in [0.05, 0.1) is 22.4 Å². The molecule has 1 aliphatic carbocycles. The van der Waals surface area contributed by atoms with Gasteiger partial charge in [-0.15, -0.1) is 0 Å². The van der Waals surface area contributed by atoms with E-state index in [0.717, 1.165) is 6.07 Å². The molecule has 5 rings (SSSR count). The lowest BCUT2D eigenvalue weighted by Gasteiger charge is -2.43. The van der Waals surface area contributed by atoms with Crippen LogP contribution in [0.5, 0.6) is 0 Å². The van der Waals surface area contributed by atoms with Crippen LogP contribution in [0.2, 0.25) is 5.02 Å². The number of hydrogen-bond donors (Lipinski definition) is 0. The van der Waals surface area contributed by atoms with Gasteiger partial charge in [-0.25, -0.2) is 21.2 Å². The van der Waals surface area contributed by atoms with Gasteiger partial charge in [-0.05, 0) is 67.5 Å². The summed E-state index contributed by atoms with van der Waals surface area (Å²) < 4.78 is 147. The minimum absolute atomic E-state index is 0.0364. The first-order valence-electron chi connectivity index (χ1n) is 13.2. The second-order valence-electron chi connectivity index (χ2n) is 11.1. The molecule has 1 amide bonds. The highest BCUT2D eigenvalue weighted by Gasteiger charge is 2.74. The Kier molecular flexibility index (Phi) is 7.69. The summed E-state index contributed by atoms with van der Waals surface area (Å²) in [5.74, 6) is -1.60. The minimum Gasteiger partial charge on any atom is -0.337 e. The Bertz CT molecular complexity index is 1630. The molecule has 236 valence electrons. The van der Waals surface area contributed by atoms with Gasteiger partial charge in [0.25, 0.3) is 0 Å². The molecule has 0 spiro atoms. The molecule has 2 saturated heterocycles. The van der Waals surface area contributed by atoms with E-state index in [1.54, 1.807) is 0 Å². The number of benzene rings is 2. The van der Waals surface area contributed by atoms with Crippen LogP contribution in [0, 0.1) is 5.92 Å². The molecule has 0 radical (unpaired) electrons. The molecule has 0 bridgehead atoms. The van der Waals surface area contributed by atoms with Gasteiger partial charge in [-0.2, -0.15) is 26.3 Å². The first-order valence-corrected chi connectivity index (χ1v) is 16.9. The summed E-state index contributed by atoms with van der Waals surface area (Å²) in [6, 6.07) is 5.47. The molecule has 0 aromatic heterocycles. The molecular formula is C27H25ClF7NO5S2. The van der Waals surface area contributed by atoms with Gasteiger partial charge in [-0.1, -0.05) is 29.8 Å². The molecule has 2 heterocycles. The Hall–Kier alpha value is -2.39. The molecule has 3 aliphatic rings. The lowest BCUT2D eigenvalue weighted by molar-refractivity contribution is -0.348. The van der Waals surface area contributed by atoms with E-state index in [1.165, 1.54) is 29.2 Å². The Balaban J connectivity index is 1.65. The largest absolute Gasteiger partial charge is 0.435 e. The fraction of sp³-hybridized carbons (Fsp3) is 0.519. The van der Waals surface area contributed by atoms with Gasteiger partial charge >= 0.3 is 18.0 Å². The van der Waals surface area contributed by atoms with Crippen LogP contribution in [0.15, 0.2) is 47.4 Å². The van der Waals surface area contributed by atoms with Gasteiger partial charge in [-0.3, -0.25) is 4.79 Å². The van der Waals surface area contributed by atoms with Crippen molar-refractivity contribution in [1.82, 2.24) is 4.90 Å². The summed E-state index contributed by atoms with van der Waals surface area (Å²) in [5, 5.41) is 0.204. The maximum Gasteiger partial charge on any atom is 0.435 e. The second-order valence-corrected chi connectivity index (χ2v) is 16.1. The summed E-state index contributed by atoms with van der Waals surface area (Å²) in [7, 11) is -7.81. The van der Waals surface area contributed by atoms with Crippen LogP contribution in [-0.2, 0) is 41.3 Å². The van der Waals surface area contributed by atoms with E-state index in [9.17, 15) is 52.4 Å². The maximum absolute atomic E-state index is 15.0. The third kappa shape index (κ3) is 4.93. The minimum atomic E-state index is -6.35. The standard InChI is InChI=1S/C27H25ClF7NO5S2/c28-19-3-5-20(6-4-19)43(40,41)24-11-12-36(23(37)16-9-13-42(38,39)14-10-16)22(24)8-1-17-15-18(2-7-21(17)24)25(29,26(30,31)32)27(33,34)35/h2-7,15-16,22H,1,8-14H2. The van der Waals surface area contributed by atoms with Crippen molar-refractivity contribution in [3.8, 4) is 0 Å². The summed E-state index contributed by atoms with van der Waals surface area (Å²) in [4.78, 5) is 14.8. The van der Waals surface area contributed by atoms with E-state index in [1.807, 2.05) is 0 Å². The molecule has 43 heavy (non-hydrogen) atoms. The lowest BCUT2D eigenvalue weighted by Crippen LogP contribution is -2.54. The topological polar surface area (TPSA) is 88.6 Å². The van der Waals surface area contributed by atoms with Crippen LogP contribution >= 0.6 is 11.6 Å². The Morgan fingerprint density at radius 1 is 0.907 bits per heavy atom. The molecule has 2 aliphatic heterocycles. The van der Waals surface area contributed by atoms with Crippen LogP contribution < -0.4 is 0 Å². The van der Waals surface area contributed by atoms with Crippen molar-refractivity contribution < 1.29 is 52.4 Å². The number of halogens is 8. The van der Waals surface area contributed by atoms with Crippen LogP contribution in [-0.4, -0.2) is 64.1 Å². The molecule has 2 aromatic rings. The van der Waals surface area contributed by atoms with Gasteiger partial charge in [0, 0.05) is 23.0 Å². The first-order chi connectivity index (χ1) is 19.8. The van der Waals surface area contributed by atoms with Crippen molar-refractivity contribution in [2.75, 3.05) is 18.1 Å². The van der Waals surface area contributed by atoms with Crippen molar-refractivity contribution in [2.45, 2.75) is 65.8 Å². The molecule has 16 heteroatoms. The van der Waals surface area contributed by atoms with E-state index in [0.29, 0.717) is 12.1 Å². The van der Waals surface area contributed by atoms with Crippen molar-refractivity contribution in [3.63, 3.8) is 0 Å². The number of fused-ring (bicyclic) bond motifs is 3. The van der Waals surface area contributed by atoms with E-state index in [-0.39, 0.29) is 71.2 Å². The zero-order valence-corrected chi connectivity index (χ0v) is 24.6. The average Bonchev–Trinajstić information content (AvgIpc) is 3.32. The second kappa shape index (κ2) is 10.3. The Labute approximate surface area is 248 Å². The molecule has 2 fully saturated rings. The predicted molar refractivity (Wildman–Crippen MR) is 141 cm³/mol. The third-order valence-corrected chi connectivity index (χ3v) is 13.4. The van der Waals surface area contributed by atoms with Gasteiger partial charge < -0.3 is 4.90 Å². The maximum atomic E-state index is 15.0. The lowest BCUT2D eigenvalue weighted by atomic mass is 9.76. The van der Waals surface area contributed by atoms with Crippen LogP contribution in [0.3, 0.4) is 0 Å². The molecule has 0 N–H and O–H groups in total. The number of aryl methyl sites for hydroxylation is 1. The van der Waals surface area contributed by atoms with Crippen molar-refractivity contribution in [2.24, 2.45) is 5.92 Å². The molecular weight excluding hydrogens is 651 g/mol. The molecule has 6 nitrogen and oxygen atoms in total. The number of carbonyl (C=O) groups excluding carboxylic acids is 1. The number of sulfone groups is 2. The molecule has 2 unspecified atom stereocenters. The van der Waals surface area contributed by atoms with E-state index in [2.05, 4.69) is 0 Å². The fourth-order valence-electron chi connectivity index (χ4n) is 6.69. The van der Waals surface area contributed by atoms with Crippen molar-refractivity contribution in [3.05, 3.63) is 64.2 Å². The molecule has 0 saturated carbocycles. The molecule has 2 aromatic carbocycles. The fourth-order valence-corrected chi connectivity index (χ4v) is 10.7. The highest BCUT2D eigenvalue weighted by Crippen LogP contribution is 2.57. The highest BCUT2D eigenvalue weighted by molar-refractivity contribution is 7.92. The van der Waals surface area contributed by atoms with Gasteiger partial charge in [0.1, 0.15) is 14.6 Å². The highest BCUT2D eigenvalue weighted by atomic mass is 35.5. The van der Waals surface area contributed by atoms with E-state index >= 15 is 0 Å². The SMILES string of the molecule is O=C(C1CCS(=O)(=O)CC1)N1CCC2(S(=O)(=O)c3ccc(Cl)cc3)c3ccc(C(F)(C(F)(F)F)C(F)(F)F)cc3CCC12. The number of hydrogen-bond acceptors (Lipinski definition) is 5. The van der Waals surface area contributed by atoms with Crippen molar-refractivity contribution in [1.29, 1.82) is 0 Å². The van der Waals surface area contributed by atoms with Crippen molar-refractivity contribution >= 4 is 37.2 Å². The van der Waals surface area contributed by atoms with Crippen LogP contribution in [0.1, 0.15) is 42.4 Å². The summed E-state index contributed by atoms with van der Waals surface area (Å²) in [6.07, 6.45) is -13.3. The zero-order valence-electron chi connectivity index (χ0n) is 22.2. The number of carbonyl (C=O) groups is 1. The molecule has 2 atom stereocenters. The number of nitrogens with zero attached hydrogens (tertiary/aromatic N) is 1. The summed E-state index contributed by atoms with van der Waals surface area (Å²) in [6.45, 7) is -0.112. The van der Waals surface area contributed by atoms with Crippen LogP contribution in [0.4, 0.5) is 30.7 Å². The summed E-state index contributed by atoms with van der Waals surface area (Å²) >= 11 is 5.93.